The molecule has 1 aromatic carbocycles. The van der Waals surface area contributed by atoms with Crippen LogP contribution in [0.15, 0.2) is 47.5 Å². The normalized spacial score (nSPS) is 11.3. The fraction of sp³-hybridized carbons (Fsp3) is 0.222. The zero-order valence-corrected chi connectivity index (χ0v) is 14.4. The Bertz CT molecular complexity index is 1150. The van der Waals surface area contributed by atoms with Crippen LogP contribution in [0.25, 0.3) is 16.7 Å². The van der Waals surface area contributed by atoms with Crippen LogP contribution in [0.5, 0.6) is 5.75 Å². The number of aromatic nitrogens is 5. The number of hydrogen-bond acceptors (Lipinski definition) is 6. The Hall–Kier alpha value is -3.26. The molecule has 3 heterocycles. The fourth-order valence-electron chi connectivity index (χ4n) is 2.93. The highest BCUT2D eigenvalue weighted by molar-refractivity contribution is 5.78. The summed E-state index contributed by atoms with van der Waals surface area (Å²) in [6, 6.07) is 9.47. The van der Waals surface area contributed by atoms with Gasteiger partial charge in [0.05, 0.1) is 24.6 Å². The van der Waals surface area contributed by atoms with Gasteiger partial charge in [0.15, 0.2) is 5.82 Å². The number of methoxy groups -OCH3 is 2. The van der Waals surface area contributed by atoms with E-state index >= 15 is 0 Å². The molecule has 8 nitrogen and oxygen atoms in total. The third-order valence-corrected chi connectivity index (χ3v) is 4.16. The zero-order valence-electron chi connectivity index (χ0n) is 14.4. The summed E-state index contributed by atoms with van der Waals surface area (Å²) in [6.45, 7) is 0.693. The molecule has 0 amide bonds. The third kappa shape index (κ3) is 2.70. The largest absolute Gasteiger partial charge is 0.496 e. The lowest BCUT2D eigenvalue weighted by atomic mass is 10.2. The number of hydrogen-bond donors (Lipinski definition) is 0. The number of pyridine rings is 1. The minimum atomic E-state index is -0.147. The van der Waals surface area contributed by atoms with Gasteiger partial charge in [0.1, 0.15) is 12.4 Å². The molecule has 0 saturated heterocycles. The van der Waals surface area contributed by atoms with Gasteiger partial charge in [0.2, 0.25) is 0 Å². The first kappa shape index (κ1) is 16.2. The Labute approximate surface area is 148 Å². The molecule has 0 radical (unpaired) electrons. The summed E-state index contributed by atoms with van der Waals surface area (Å²) in [5.74, 6) is 1.70. The highest BCUT2D eigenvalue weighted by atomic mass is 16.5. The van der Waals surface area contributed by atoms with Crippen LogP contribution in [-0.2, 0) is 17.9 Å². The first-order chi connectivity index (χ1) is 12.7. The van der Waals surface area contributed by atoms with E-state index in [0.717, 1.165) is 11.3 Å². The van der Waals surface area contributed by atoms with Crippen molar-refractivity contribution in [2.24, 2.45) is 0 Å². The summed E-state index contributed by atoms with van der Waals surface area (Å²) < 4.78 is 13.6. The average Bonchev–Trinajstić information content (AvgIpc) is 3.07. The molecular formula is C18H17N5O3. The van der Waals surface area contributed by atoms with Gasteiger partial charge in [0.25, 0.3) is 11.3 Å². The highest BCUT2D eigenvalue weighted by Crippen LogP contribution is 2.18. The molecule has 0 aliphatic rings. The van der Waals surface area contributed by atoms with E-state index in [2.05, 4.69) is 15.1 Å². The third-order valence-electron chi connectivity index (χ3n) is 4.16. The van der Waals surface area contributed by atoms with Gasteiger partial charge in [-0.3, -0.25) is 4.79 Å². The van der Waals surface area contributed by atoms with Crippen LogP contribution in [0.2, 0.25) is 0 Å². The van der Waals surface area contributed by atoms with E-state index in [9.17, 15) is 4.79 Å². The molecule has 0 fully saturated rings. The van der Waals surface area contributed by atoms with Crippen LogP contribution in [0.4, 0.5) is 0 Å². The van der Waals surface area contributed by atoms with Gasteiger partial charge in [-0.15, -0.1) is 5.10 Å². The summed E-state index contributed by atoms with van der Waals surface area (Å²) in [5.41, 5.74) is 1.44. The van der Waals surface area contributed by atoms with Crippen LogP contribution in [-0.4, -0.2) is 38.4 Å². The van der Waals surface area contributed by atoms with E-state index in [1.165, 1.54) is 6.20 Å². The van der Waals surface area contributed by atoms with E-state index in [0.29, 0.717) is 29.0 Å². The second-order valence-corrected chi connectivity index (χ2v) is 5.79. The number of nitrogens with zero attached hydrogens (tertiary/aromatic N) is 5. The highest BCUT2D eigenvalue weighted by Gasteiger charge is 2.12. The molecule has 0 saturated carbocycles. The maximum Gasteiger partial charge on any atom is 0.261 e. The van der Waals surface area contributed by atoms with E-state index in [1.54, 1.807) is 29.5 Å². The lowest BCUT2D eigenvalue weighted by molar-refractivity contribution is 0.178. The van der Waals surface area contributed by atoms with Crippen molar-refractivity contribution in [3.8, 4) is 5.75 Å². The Balaban J connectivity index is 1.82. The molecule has 3 aromatic heterocycles. The minimum Gasteiger partial charge on any atom is -0.496 e. The van der Waals surface area contributed by atoms with Crippen molar-refractivity contribution >= 4 is 16.7 Å². The fourth-order valence-corrected chi connectivity index (χ4v) is 2.93. The van der Waals surface area contributed by atoms with Gasteiger partial charge >= 0.3 is 0 Å². The van der Waals surface area contributed by atoms with Crippen molar-refractivity contribution in [2.45, 2.75) is 13.2 Å². The van der Waals surface area contributed by atoms with Crippen molar-refractivity contribution in [3.63, 3.8) is 0 Å². The maximum absolute atomic E-state index is 12.9. The number of rotatable bonds is 5. The maximum atomic E-state index is 12.9. The van der Waals surface area contributed by atoms with Crippen LogP contribution in [0, 0.1) is 0 Å². The molecule has 0 aliphatic heterocycles. The topological polar surface area (TPSA) is 83.5 Å². The SMILES string of the molecule is COCc1nc2ncc3c(=O)n(Cc4ccccc4OC)ccc3n2n1. The van der Waals surface area contributed by atoms with Crippen molar-refractivity contribution < 1.29 is 9.47 Å². The smallest absolute Gasteiger partial charge is 0.261 e. The van der Waals surface area contributed by atoms with Crippen molar-refractivity contribution in [1.82, 2.24) is 24.1 Å². The Kier molecular flexibility index (Phi) is 4.10. The van der Waals surface area contributed by atoms with E-state index < -0.39 is 0 Å². The van der Waals surface area contributed by atoms with Crippen LogP contribution < -0.4 is 10.3 Å². The molecule has 0 N–H and O–H groups in total. The van der Waals surface area contributed by atoms with Gasteiger partial charge in [-0.25, -0.2) is 4.98 Å². The molecule has 0 atom stereocenters. The van der Waals surface area contributed by atoms with Crippen molar-refractivity contribution in [2.75, 3.05) is 14.2 Å². The number of benzene rings is 1. The zero-order chi connectivity index (χ0) is 18.1. The molecule has 0 bridgehead atoms. The van der Waals surface area contributed by atoms with Crippen LogP contribution >= 0.6 is 0 Å². The summed E-state index contributed by atoms with van der Waals surface area (Å²) in [6.07, 6.45) is 3.28. The second kappa shape index (κ2) is 6.57. The number of para-hydroxylation sites is 1. The van der Waals surface area contributed by atoms with E-state index in [4.69, 9.17) is 9.47 Å². The molecule has 0 unspecified atom stereocenters. The van der Waals surface area contributed by atoms with Crippen LogP contribution in [0.1, 0.15) is 11.4 Å². The number of ether oxygens (including phenoxy) is 2. The van der Waals surface area contributed by atoms with Crippen molar-refractivity contribution in [3.05, 3.63) is 64.5 Å². The quantitative estimate of drug-likeness (QED) is 0.544. The lowest BCUT2D eigenvalue weighted by Crippen LogP contribution is -2.21. The summed E-state index contributed by atoms with van der Waals surface area (Å²) >= 11 is 0. The second-order valence-electron chi connectivity index (χ2n) is 5.79. The molecule has 4 aromatic rings. The molecule has 132 valence electrons. The molecular weight excluding hydrogens is 334 g/mol. The molecule has 4 rings (SSSR count). The standard InChI is InChI=1S/C18H17N5O3/c1-25-11-16-20-18-19-9-13-14(23(18)21-16)7-8-22(17(13)24)10-12-5-3-4-6-15(12)26-2/h3-9H,10-11H2,1-2H3. The molecule has 8 heteroatoms. The van der Waals surface area contributed by atoms with Crippen molar-refractivity contribution in [1.29, 1.82) is 0 Å². The molecule has 0 aliphatic carbocycles. The van der Waals surface area contributed by atoms with Crippen LogP contribution in [0.3, 0.4) is 0 Å². The molecule has 0 spiro atoms. The summed E-state index contributed by atoms with van der Waals surface area (Å²) in [4.78, 5) is 21.4. The van der Waals surface area contributed by atoms with Gasteiger partial charge < -0.3 is 14.0 Å². The Morgan fingerprint density at radius 2 is 2.00 bits per heavy atom. The Morgan fingerprint density at radius 3 is 2.81 bits per heavy atom. The van der Waals surface area contributed by atoms with E-state index in [1.807, 2.05) is 30.3 Å². The summed E-state index contributed by atoms with van der Waals surface area (Å²) in [7, 11) is 3.19. The monoisotopic (exact) mass is 351 g/mol. The minimum absolute atomic E-state index is 0.147. The Morgan fingerprint density at radius 1 is 1.15 bits per heavy atom. The number of fused-ring (bicyclic) bond motifs is 3. The predicted molar refractivity (Wildman–Crippen MR) is 95.4 cm³/mol. The average molecular weight is 351 g/mol. The first-order valence-corrected chi connectivity index (χ1v) is 8.06. The van der Waals surface area contributed by atoms with Gasteiger partial charge in [-0.2, -0.15) is 9.50 Å². The van der Waals surface area contributed by atoms with Gasteiger partial charge in [-0.1, -0.05) is 18.2 Å². The lowest BCUT2D eigenvalue weighted by Gasteiger charge is -2.11. The summed E-state index contributed by atoms with van der Waals surface area (Å²) in [5, 5.41) is 4.84. The van der Waals surface area contributed by atoms with Gasteiger partial charge in [0, 0.05) is 25.1 Å². The van der Waals surface area contributed by atoms with Gasteiger partial charge in [-0.05, 0) is 12.1 Å². The first-order valence-electron chi connectivity index (χ1n) is 8.06. The molecule has 26 heavy (non-hydrogen) atoms. The predicted octanol–water partition coefficient (Wildman–Crippen LogP) is 1.64. The van der Waals surface area contributed by atoms with E-state index in [-0.39, 0.29) is 12.2 Å².